The second kappa shape index (κ2) is 5.62. The molecule has 2 atom stereocenters. The van der Waals surface area contributed by atoms with Crippen LogP contribution in [0, 0.1) is 11.8 Å². The number of hydrogen-bond acceptors (Lipinski definition) is 2. The summed E-state index contributed by atoms with van der Waals surface area (Å²) in [7, 11) is 3.36. The molecule has 0 aliphatic carbocycles. The van der Waals surface area contributed by atoms with Crippen LogP contribution in [-0.4, -0.2) is 36.0 Å². The zero-order valence-electron chi connectivity index (χ0n) is 9.28. The van der Waals surface area contributed by atoms with E-state index in [0.29, 0.717) is 12.8 Å². The number of hydrogen-bond donors (Lipinski definition) is 1. The molecule has 0 radical (unpaired) electrons. The van der Waals surface area contributed by atoms with Gasteiger partial charge in [0.25, 0.3) is 0 Å². The summed E-state index contributed by atoms with van der Waals surface area (Å²) in [5.41, 5.74) is 0. The normalized spacial score (nSPS) is 14.6. The maximum absolute atomic E-state index is 11.4. The standard InChI is InChI=1S/C10H19NO3/c1-5-8(10(13)14)6-7(2)9(12)11(3)4/h7-8H,5-6H2,1-4H3,(H,13,14). The summed E-state index contributed by atoms with van der Waals surface area (Å²) < 4.78 is 0. The first-order chi connectivity index (χ1) is 6.40. The van der Waals surface area contributed by atoms with Crippen molar-refractivity contribution in [2.45, 2.75) is 26.7 Å². The molecule has 0 aromatic rings. The number of nitrogens with zero attached hydrogens (tertiary/aromatic N) is 1. The van der Waals surface area contributed by atoms with E-state index in [1.165, 1.54) is 4.90 Å². The molecule has 14 heavy (non-hydrogen) atoms. The molecule has 0 saturated heterocycles. The summed E-state index contributed by atoms with van der Waals surface area (Å²) in [6, 6.07) is 0. The first kappa shape index (κ1) is 12.9. The Kier molecular flexibility index (Phi) is 5.20. The largest absolute Gasteiger partial charge is 0.481 e. The Morgan fingerprint density at radius 2 is 1.86 bits per heavy atom. The van der Waals surface area contributed by atoms with E-state index in [9.17, 15) is 9.59 Å². The Labute approximate surface area is 84.9 Å². The minimum absolute atomic E-state index is 0.00954. The lowest BCUT2D eigenvalue weighted by Crippen LogP contribution is -2.30. The molecule has 0 aliphatic rings. The van der Waals surface area contributed by atoms with Crippen LogP contribution in [0.5, 0.6) is 0 Å². The molecule has 0 saturated carbocycles. The quantitative estimate of drug-likeness (QED) is 0.727. The SMILES string of the molecule is CCC(CC(C)C(=O)N(C)C)C(=O)O. The van der Waals surface area contributed by atoms with Gasteiger partial charge in [-0.15, -0.1) is 0 Å². The number of carbonyl (C=O) groups is 2. The smallest absolute Gasteiger partial charge is 0.306 e. The fraction of sp³-hybridized carbons (Fsp3) is 0.800. The van der Waals surface area contributed by atoms with Crippen LogP contribution in [0.1, 0.15) is 26.7 Å². The summed E-state index contributed by atoms with van der Waals surface area (Å²) in [5, 5.41) is 8.82. The lowest BCUT2D eigenvalue weighted by atomic mass is 9.93. The Morgan fingerprint density at radius 1 is 1.36 bits per heavy atom. The van der Waals surface area contributed by atoms with Crippen LogP contribution in [0.2, 0.25) is 0 Å². The predicted octanol–water partition coefficient (Wildman–Crippen LogP) is 1.21. The van der Waals surface area contributed by atoms with Gasteiger partial charge >= 0.3 is 5.97 Å². The van der Waals surface area contributed by atoms with Gasteiger partial charge in [-0.3, -0.25) is 9.59 Å². The van der Waals surface area contributed by atoms with Gasteiger partial charge in [-0.05, 0) is 12.8 Å². The predicted molar refractivity (Wildman–Crippen MR) is 53.9 cm³/mol. The van der Waals surface area contributed by atoms with Gasteiger partial charge in [0.15, 0.2) is 0 Å². The number of aliphatic carboxylic acids is 1. The number of rotatable bonds is 5. The van der Waals surface area contributed by atoms with Crippen LogP contribution in [0.4, 0.5) is 0 Å². The third-order valence-corrected chi connectivity index (χ3v) is 2.34. The molecule has 1 amide bonds. The maximum atomic E-state index is 11.4. The van der Waals surface area contributed by atoms with Gasteiger partial charge in [0.2, 0.25) is 5.91 Å². The van der Waals surface area contributed by atoms with Crippen LogP contribution in [0.25, 0.3) is 0 Å². The minimum Gasteiger partial charge on any atom is -0.481 e. The van der Waals surface area contributed by atoms with Gasteiger partial charge in [-0.25, -0.2) is 0 Å². The van der Waals surface area contributed by atoms with Crippen LogP contribution in [0.3, 0.4) is 0 Å². The highest BCUT2D eigenvalue weighted by Crippen LogP contribution is 2.17. The zero-order valence-corrected chi connectivity index (χ0v) is 9.28. The van der Waals surface area contributed by atoms with Crippen molar-refractivity contribution < 1.29 is 14.7 Å². The molecule has 82 valence electrons. The number of carbonyl (C=O) groups excluding carboxylic acids is 1. The lowest BCUT2D eigenvalue weighted by Gasteiger charge is -2.19. The van der Waals surface area contributed by atoms with Gasteiger partial charge in [0.1, 0.15) is 0 Å². The molecule has 0 heterocycles. The average molecular weight is 201 g/mol. The minimum atomic E-state index is -0.814. The molecule has 0 bridgehead atoms. The van der Waals surface area contributed by atoms with Crippen molar-refractivity contribution in [1.82, 2.24) is 4.90 Å². The number of carboxylic acid groups (broad SMARTS) is 1. The van der Waals surface area contributed by atoms with Crippen LogP contribution in [0.15, 0.2) is 0 Å². The van der Waals surface area contributed by atoms with E-state index in [-0.39, 0.29) is 11.8 Å². The molecule has 2 unspecified atom stereocenters. The molecular formula is C10H19NO3. The van der Waals surface area contributed by atoms with E-state index in [1.54, 1.807) is 21.0 Å². The molecule has 4 heteroatoms. The van der Waals surface area contributed by atoms with Crippen molar-refractivity contribution >= 4 is 11.9 Å². The Bertz CT molecular complexity index is 213. The second-order valence-electron chi connectivity index (χ2n) is 3.81. The van der Waals surface area contributed by atoms with Gasteiger partial charge in [0.05, 0.1) is 5.92 Å². The summed E-state index contributed by atoms with van der Waals surface area (Å²) >= 11 is 0. The molecule has 1 N–H and O–H groups in total. The lowest BCUT2D eigenvalue weighted by molar-refractivity contribution is -0.143. The van der Waals surface area contributed by atoms with E-state index < -0.39 is 11.9 Å². The monoisotopic (exact) mass is 201 g/mol. The van der Waals surface area contributed by atoms with Crippen molar-refractivity contribution in [1.29, 1.82) is 0 Å². The first-order valence-corrected chi connectivity index (χ1v) is 4.84. The van der Waals surface area contributed by atoms with Gasteiger partial charge in [0, 0.05) is 20.0 Å². The van der Waals surface area contributed by atoms with E-state index in [0.717, 1.165) is 0 Å². The molecule has 4 nitrogen and oxygen atoms in total. The van der Waals surface area contributed by atoms with Crippen LogP contribution in [-0.2, 0) is 9.59 Å². The topological polar surface area (TPSA) is 57.6 Å². The summed E-state index contributed by atoms with van der Waals surface area (Å²) in [4.78, 5) is 23.7. The molecular weight excluding hydrogens is 182 g/mol. The Hall–Kier alpha value is -1.06. The second-order valence-corrected chi connectivity index (χ2v) is 3.81. The van der Waals surface area contributed by atoms with Gasteiger partial charge in [-0.1, -0.05) is 13.8 Å². The van der Waals surface area contributed by atoms with Gasteiger partial charge in [-0.2, -0.15) is 0 Å². The fourth-order valence-corrected chi connectivity index (χ4v) is 1.41. The molecule has 0 aromatic carbocycles. The Balaban J connectivity index is 4.22. The van der Waals surface area contributed by atoms with Crippen molar-refractivity contribution in [2.75, 3.05) is 14.1 Å². The zero-order chi connectivity index (χ0) is 11.3. The summed E-state index contributed by atoms with van der Waals surface area (Å²) in [5.74, 6) is -1.45. The van der Waals surface area contributed by atoms with E-state index in [1.807, 2.05) is 6.92 Å². The highest BCUT2D eigenvalue weighted by atomic mass is 16.4. The molecule has 0 aromatic heterocycles. The van der Waals surface area contributed by atoms with Crippen LogP contribution >= 0.6 is 0 Å². The first-order valence-electron chi connectivity index (χ1n) is 4.84. The van der Waals surface area contributed by atoms with Crippen molar-refractivity contribution in [3.8, 4) is 0 Å². The highest BCUT2D eigenvalue weighted by molar-refractivity contribution is 5.79. The van der Waals surface area contributed by atoms with Crippen molar-refractivity contribution in [2.24, 2.45) is 11.8 Å². The van der Waals surface area contributed by atoms with E-state index >= 15 is 0 Å². The third-order valence-electron chi connectivity index (χ3n) is 2.34. The van der Waals surface area contributed by atoms with Crippen molar-refractivity contribution in [3.63, 3.8) is 0 Å². The van der Waals surface area contributed by atoms with Gasteiger partial charge < -0.3 is 10.0 Å². The Morgan fingerprint density at radius 3 is 2.14 bits per heavy atom. The van der Waals surface area contributed by atoms with Crippen molar-refractivity contribution in [3.05, 3.63) is 0 Å². The van der Waals surface area contributed by atoms with E-state index in [4.69, 9.17) is 5.11 Å². The summed E-state index contributed by atoms with van der Waals surface area (Å²) in [6.45, 7) is 3.60. The maximum Gasteiger partial charge on any atom is 0.306 e. The molecule has 0 fully saturated rings. The fourth-order valence-electron chi connectivity index (χ4n) is 1.41. The number of amides is 1. The average Bonchev–Trinajstić information content (AvgIpc) is 2.11. The number of carboxylic acids is 1. The van der Waals surface area contributed by atoms with E-state index in [2.05, 4.69) is 0 Å². The molecule has 0 aliphatic heterocycles. The van der Waals surface area contributed by atoms with Crippen LogP contribution < -0.4 is 0 Å². The highest BCUT2D eigenvalue weighted by Gasteiger charge is 2.23. The summed E-state index contributed by atoms with van der Waals surface area (Å²) in [6.07, 6.45) is 0.989. The molecule has 0 rings (SSSR count). The third kappa shape index (κ3) is 3.77. The molecule has 0 spiro atoms.